The van der Waals surface area contributed by atoms with Gasteiger partial charge >= 0.3 is 5.97 Å². The molecule has 0 atom stereocenters. The molecule has 0 spiro atoms. The summed E-state index contributed by atoms with van der Waals surface area (Å²) in [5.74, 6) is 1.11. The Morgan fingerprint density at radius 2 is 2.12 bits per heavy atom. The van der Waals surface area contributed by atoms with E-state index in [1.165, 1.54) is 25.3 Å². The molecule has 128 valence electrons. The van der Waals surface area contributed by atoms with Crippen molar-refractivity contribution in [1.82, 2.24) is 14.8 Å². The molecular weight excluding hydrogens is 314 g/mol. The van der Waals surface area contributed by atoms with E-state index in [4.69, 9.17) is 0 Å². The molecule has 0 radical (unpaired) electrons. The number of hydrogen-bond acceptors (Lipinski definition) is 7. The van der Waals surface area contributed by atoms with Crippen LogP contribution in [-0.4, -0.2) is 32.8 Å². The lowest BCUT2D eigenvalue weighted by molar-refractivity contribution is -0.384. The van der Waals surface area contributed by atoms with Gasteiger partial charge < -0.3 is 14.6 Å². The summed E-state index contributed by atoms with van der Waals surface area (Å²) in [4.78, 5) is 22.3. The fraction of sp³-hybridized carbons (Fsp3) is 0.400. The zero-order valence-electron chi connectivity index (χ0n) is 13.9. The normalized spacial score (nSPS) is 10.7. The first-order chi connectivity index (χ1) is 11.3. The van der Waals surface area contributed by atoms with Crippen LogP contribution in [0.3, 0.4) is 0 Å². The number of hydrogen-bond donors (Lipinski definition) is 1. The minimum absolute atomic E-state index is 0.131. The molecule has 0 saturated heterocycles. The Hall–Kier alpha value is -2.97. The zero-order chi connectivity index (χ0) is 17.9. The van der Waals surface area contributed by atoms with Crippen LogP contribution < -0.4 is 5.32 Å². The molecule has 0 aliphatic carbocycles. The molecule has 0 unspecified atom stereocenters. The molecule has 0 bridgehead atoms. The fourth-order valence-corrected chi connectivity index (χ4v) is 2.29. The zero-order valence-corrected chi connectivity index (χ0v) is 13.9. The standard InChI is InChI=1S/C15H19N5O4/c1-9(2)14-18-17-13(19(14)3)8-16-11-7-10(15(21)24-4)5-6-12(11)20(22)23/h5-7,9,16H,8H2,1-4H3. The maximum atomic E-state index is 11.6. The lowest BCUT2D eigenvalue weighted by Gasteiger charge is -2.09. The first-order valence-corrected chi connectivity index (χ1v) is 7.34. The van der Waals surface area contributed by atoms with Gasteiger partial charge in [0, 0.05) is 19.0 Å². The maximum absolute atomic E-state index is 11.6. The smallest absolute Gasteiger partial charge is 0.337 e. The van der Waals surface area contributed by atoms with Crippen LogP contribution in [0.5, 0.6) is 0 Å². The van der Waals surface area contributed by atoms with E-state index in [1.54, 1.807) is 0 Å². The second-order valence-corrected chi connectivity index (χ2v) is 5.52. The number of aromatic nitrogens is 3. The Labute approximate surface area is 138 Å². The van der Waals surface area contributed by atoms with Crippen LogP contribution in [0.1, 0.15) is 41.8 Å². The quantitative estimate of drug-likeness (QED) is 0.490. The number of esters is 1. The van der Waals surface area contributed by atoms with Crippen molar-refractivity contribution in [1.29, 1.82) is 0 Å². The van der Waals surface area contributed by atoms with Gasteiger partial charge in [-0.05, 0) is 12.1 Å². The molecule has 0 aliphatic heterocycles. The molecule has 9 nitrogen and oxygen atoms in total. The van der Waals surface area contributed by atoms with Crippen molar-refractivity contribution in [2.75, 3.05) is 12.4 Å². The van der Waals surface area contributed by atoms with Gasteiger partial charge in [-0.1, -0.05) is 13.8 Å². The number of nitrogens with zero attached hydrogens (tertiary/aromatic N) is 4. The molecule has 1 aromatic carbocycles. The number of benzene rings is 1. The van der Waals surface area contributed by atoms with Crippen molar-refractivity contribution in [3.63, 3.8) is 0 Å². The number of carbonyl (C=O) groups excluding carboxylic acids is 1. The number of nitro groups is 1. The summed E-state index contributed by atoms with van der Waals surface area (Å²) in [7, 11) is 3.09. The molecule has 1 N–H and O–H groups in total. The predicted octanol–water partition coefficient (Wildman–Crippen LogP) is 2.25. The summed E-state index contributed by atoms with van der Waals surface area (Å²) in [5.41, 5.74) is 0.317. The Morgan fingerprint density at radius 3 is 2.67 bits per heavy atom. The van der Waals surface area contributed by atoms with Gasteiger partial charge in [0.25, 0.3) is 5.69 Å². The number of methoxy groups -OCH3 is 1. The van der Waals surface area contributed by atoms with Crippen LogP contribution in [-0.2, 0) is 18.3 Å². The van der Waals surface area contributed by atoms with E-state index in [0.29, 0.717) is 5.82 Å². The van der Waals surface area contributed by atoms with Gasteiger partial charge in [0.1, 0.15) is 11.5 Å². The summed E-state index contributed by atoms with van der Waals surface area (Å²) in [5, 5.41) is 22.3. The molecule has 1 aromatic heterocycles. The summed E-state index contributed by atoms with van der Waals surface area (Å²) >= 11 is 0. The highest BCUT2D eigenvalue weighted by Gasteiger charge is 2.18. The van der Waals surface area contributed by atoms with Gasteiger partial charge in [-0.15, -0.1) is 10.2 Å². The highest BCUT2D eigenvalue weighted by Crippen LogP contribution is 2.26. The van der Waals surface area contributed by atoms with E-state index in [0.717, 1.165) is 5.82 Å². The highest BCUT2D eigenvalue weighted by atomic mass is 16.6. The fourth-order valence-electron chi connectivity index (χ4n) is 2.29. The number of nitro benzene ring substituents is 1. The van der Waals surface area contributed by atoms with Gasteiger partial charge in [0.15, 0.2) is 5.82 Å². The van der Waals surface area contributed by atoms with Crippen LogP contribution in [0.4, 0.5) is 11.4 Å². The van der Waals surface area contributed by atoms with Crippen molar-refractivity contribution >= 4 is 17.3 Å². The van der Waals surface area contributed by atoms with Gasteiger partial charge in [0.05, 0.1) is 24.1 Å². The summed E-state index contributed by atoms with van der Waals surface area (Å²) in [6, 6.07) is 4.02. The topological polar surface area (TPSA) is 112 Å². The monoisotopic (exact) mass is 333 g/mol. The first kappa shape index (κ1) is 17.4. The highest BCUT2D eigenvalue weighted by molar-refractivity contribution is 5.91. The van der Waals surface area contributed by atoms with E-state index >= 15 is 0 Å². The Balaban J connectivity index is 2.27. The maximum Gasteiger partial charge on any atom is 0.337 e. The van der Waals surface area contributed by atoms with Gasteiger partial charge in [0.2, 0.25) is 0 Å². The SMILES string of the molecule is COC(=O)c1ccc([N+](=O)[O-])c(NCc2nnc(C(C)C)n2C)c1. The minimum Gasteiger partial charge on any atom is -0.465 e. The molecule has 24 heavy (non-hydrogen) atoms. The number of anilines is 1. The second kappa shape index (κ2) is 7.07. The summed E-state index contributed by atoms with van der Waals surface area (Å²) < 4.78 is 6.48. The lowest BCUT2D eigenvalue weighted by Crippen LogP contribution is -2.10. The van der Waals surface area contributed by atoms with E-state index in [2.05, 4.69) is 20.3 Å². The third-order valence-corrected chi connectivity index (χ3v) is 3.57. The summed E-state index contributed by atoms with van der Waals surface area (Å²) in [6.07, 6.45) is 0. The molecule has 9 heteroatoms. The predicted molar refractivity (Wildman–Crippen MR) is 86.9 cm³/mol. The van der Waals surface area contributed by atoms with Crippen LogP contribution in [0.15, 0.2) is 18.2 Å². The minimum atomic E-state index is -0.561. The molecular formula is C15H19N5O4. The molecule has 2 rings (SSSR count). The Kier molecular flexibility index (Phi) is 5.12. The number of rotatable bonds is 6. The lowest BCUT2D eigenvalue weighted by atomic mass is 10.1. The van der Waals surface area contributed by atoms with Crippen LogP contribution in [0, 0.1) is 10.1 Å². The van der Waals surface area contributed by atoms with E-state index in [1.807, 2.05) is 25.5 Å². The Bertz CT molecular complexity index is 769. The van der Waals surface area contributed by atoms with Crippen LogP contribution in [0.25, 0.3) is 0 Å². The van der Waals surface area contributed by atoms with E-state index < -0.39 is 10.9 Å². The number of carbonyl (C=O) groups is 1. The number of nitrogens with one attached hydrogen (secondary N) is 1. The van der Waals surface area contributed by atoms with Crippen molar-refractivity contribution in [3.8, 4) is 0 Å². The molecule has 0 aliphatic rings. The number of ether oxygens (including phenoxy) is 1. The largest absolute Gasteiger partial charge is 0.465 e. The molecule has 0 amide bonds. The Morgan fingerprint density at radius 1 is 1.42 bits per heavy atom. The molecule has 0 fully saturated rings. The average Bonchev–Trinajstić information content (AvgIpc) is 2.92. The molecule has 0 saturated carbocycles. The van der Waals surface area contributed by atoms with Crippen molar-refractivity contribution in [2.24, 2.45) is 7.05 Å². The van der Waals surface area contributed by atoms with Gasteiger partial charge in [-0.2, -0.15) is 0 Å². The second-order valence-electron chi connectivity index (χ2n) is 5.52. The van der Waals surface area contributed by atoms with Crippen molar-refractivity contribution in [2.45, 2.75) is 26.3 Å². The van der Waals surface area contributed by atoms with Crippen molar-refractivity contribution in [3.05, 3.63) is 45.5 Å². The van der Waals surface area contributed by atoms with Gasteiger partial charge in [-0.3, -0.25) is 10.1 Å². The van der Waals surface area contributed by atoms with E-state index in [-0.39, 0.29) is 29.4 Å². The third kappa shape index (κ3) is 3.50. The van der Waals surface area contributed by atoms with Crippen LogP contribution in [0.2, 0.25) is 0 Å². The van der Waals surface area contributed by atoms with Crippen LogP contribution >= 0.6 is 0 Å². The average molecular weight is 333 g/mol. The third-order valence-electron chi connectivity index (χ3n) is 3.57. The molecule has 1 heterocycles. The first-order valence-electron chi connectivity index (χ1n) is 7.34. The molecule has 2 aromatic rings. The van der Waals surface area contributed by atoms with Gasteiger partial charge in [-0.25, -0.2) is 4.79 Å². The van der Waals surface area contributed by atoms with E-state index in [9.17, 15) is 14.9 Å². The van der Waals surface area contributed by atoms with Crippen molar-refractivity contribution < 1.29 is 14.5 Å². The summed E-state index contributed by atoms with van der Waals surface area (Å²) in [6.45, 7) is 4.25.